The van der Waals surface area contributed by atoms with Crippen LogP contribution in [0.1, 0.15) is 20.7 Å². The van der Waals surface area contributed by atoms with Gasteiger partial charge in [-0.25, -0.2) is 0 Å². The van der Waals surface area contributed by atoms with Gasteiger partial charge >= 0.3 is 0 Å². The summed E-state index contributed by atoms with van der Waals surface area (Å²) in [5.74, 6) is -1.00. The van der Waals surface area contributed by atoms with Gasteiger partial charge in [-0.2, -0.15) is 0 Å². The van der Waals surface area contributed by atoms with Crippen LogP contribution in [-0.2, 0) is 0 Å². The molecule has 1 aromatic carbocycles. The monoisotopic (exact) mass is 247 g/mol. The van der Waals surface area contributed by atoms with Crippen molar-refractivity contribution >= 4 is 17.5 Å². The molecule has 0 spiro atoms. The third-order valence-electron chi connectivity index (χ3n) is 3.25. The van der Waals surface area contributed by atoms with Crippen LogP contribution in [-0.4, -0.2) is 40.8 Å². The molecule has 0 atom stereocenters. The zero-order valence-electron chi connectivity index (χ0n) is 9.25. The van der Waals surface area contributed by atoms with Gasteiger partial charge in [-0.15, -0.1) is 0 Å². The fraction of sp³-hybridized carbons (Fsp3) is 0.273. The van der Waals surface area contributed by atoms with Crippen LogP contribution in [0.5, 0.6) is 0 Å². The zero-order valence-corrected chi connectivity index (χ0v) is 9.25. The minimum atomic E-state index is -0.632. The van der Waals surface area contributed by atoms with E-state index in [2.05, 4.69) is 5.32 Å². The Balaban J connectivity index is 2.12. The molecule has 3 rings (SSSR count). The third-order valence-corrected chi connectivity index (χ3v) is 3.25. The average molecular weight is 247 g/mol. The molecule has 2 heterocycles. The first-order valence-corrected chi connectivity index (χ1v) is 5.47. The van der Waals surface area contributed by atoms with Crippen LogP contribution >= 0.6 is 0 Å². The van der Waals surface area contributed by atoms with E-state index in [1.807, 2.05) is 0 Å². The number of nitrogens with one attached hydrogen (secondary N) is 1. The Kier molecular flexibility index (Phi) is 2.17. The number of nitro groups is 1. The molecular weight excluding hydrogens is 238 g/mol. The lowest BCUT2D eigenvalue weighted by atomic mass is 10.1. The molecule has 7 heteroatoms. The molecule has 0 bridgehead atoms. The molecule has 2 amide bonds. The van der Waals surface area contributed by atoms with E-state index >= 15 is 0 Å². The average Bonchev–Trinajstić information content (AvgIpc) is 2.52. The maximum atomic E-state index is 12.1. The minimum Gasteiger partial charge on any atom is -0.313 e. The molecule has 92 valence electrons. The molecule has 7 nitrogen and oxygen atoms in total. The number of amides is 2. The first kappa shape index (κ1) is 10.8. The summed E-state index contributed by atoms with van der Waals surface area (Å²) in [6.45, 7) is 1.08. The van der Waals surface area contributed by atoms with Gasteiger partial charge in [0.2, 0.25) is 0 Å². The van der Waals surface area contributed by atoms with E-state index in [4.69, 9.17) is 0 Å². The van der Waals surface area contributed by atoms with Crippen LogP contribution in [0.4, 0.5) is 5.69 Å². The Labute approximate surface area is 102 Å². The number of hydrogen-bond donors (Lipinski definition) is 1. The normalized spacial score (nSPS) is 18.8. The Morgan fingerprint density at radius 1 is 1.28 bits per heavy atom. The molecule has 0 radical (unpaired) electrons. The SMILES string of the molecule is O=C1c2cccc([N+](=O)[O-])c2C(=O)N1C1CNC1. The van der Waals surface area contributed by atoms with Gasteiger partial charge in [0.05, 0.1) is 16.5 Å². The summed E-state index contributed by atoms with van der Waals surface area (Å²) in [6, 6.07) is 3.92. The predicted molar refractivity (Wildman–Crippen MR) is 60.3 cm³/mol. The summed E-state index contributed by atoms with van der Waals surface area (Å²) in [7, 11) is 0. The fourth-order valence-corrected chi connectivity index (χ4v) is 2.23. The molecule has 0 unspecified atom stereocenters. The van der Waals surface area contributed by atoms with Crippen LogP contribution < -0.4 is 5.32 Å². The second-order valence-electron chi connectivity index (χ2n) is 4.25. The molecule has 2 aliphatic rings. The standard InChI is InChI=1S/C11H9N3O4/c15-10-7-2-1-3-8(14(17)18)9(7)11(16)13(10)6-4-12-5-6/h1-3,6,12H,4-5H2. The number of carbonyl (C=O) groups is 2. The van der Waals surface area contributed by atoms with Gasteiger partial charge in [0.25, 0.3) is 17.5 Å². The highest BCUT2D eigenvalue weighted by Crippen LogP contribution is 2.32. The first-order chi connectivity index (χ1) is 8.61. The molecule has 1 aromatic rings. The predicted octanol–water partition coefficient (Wildman–Crippen LogP) is 0.163. The van der Waals surface area contributed by atoms with E-state index in [0.717, 1.165) is 4.90 Å². The van der Waals surface area contributed by atoms with E-state index in [1.165, 1.54) is 18.2 Å². The summed E-state index contributed by atoms with van der Waals surface area (Å²) in [4.78, 5) is 35.6. The molecule has 1 N–H and O–H groups in total. The van der Waals surface area contributed by atoms with Crippen molar-refractivity contribution in [2.24, 2.45) is 0 Å². The summed E-state index contributed by atoms with van der Waals surface area (Å²) < 4.78 is 0. The number of imide groups is 1. The van der Waals surface area contributed by atoms with Crippen molar-refractivity contribution in [3.8, 4) is 0 Å². The first-order valence-electron chi connectivity index (χ1n) is 5.47. The molecule has 0 aromatic heterocycles. The van der Waals surface area contributed by atoms with Gasteiger partial charge in [0, 0.05) is 19.2 Å². The van der Waals surface area contributed by atoms with Crippen LogP contribution in [0.3, 0.4) is 0 Å². The quantitative estimate of drug-likeness (QED) is 0.456. The second kappa shape index (κ2) is 3.61. The maximum Gasteiger partial charge on any atom is 0.282 e. The van der Waals surface area contributed by atoms with Gasteiger partial charge in [-0.3, -0.25) is 24.6 Å². The zero-order chi connectivity index (χ0) is 12.9. The molecule has 1 fully saturated rings. The van der Waals surface area contributed by atoms with E-state index < -0.39 is 16.7 Å². The van der Waals surface area contributed by atoms with Gasteiger partial charge in [-0.1, -0.05) is 6.07 Å². The lowest BCUT2D eigenvalue weighted by molar-refractivity contribution is -0.385. The van der Waals surface area contributed by atoms with Gasteiger partial charge in [-0.05, 0) is 6.07 Å². The van der Waals surface area contributed by atoms with Gasteiger partial charge in [0.1, 0.15) is 5.56 Å². The second-order valence-corrected chi connectivity index (χ2v) is 4.25. The number of rotatable bonds is 2. The summed E-state index contributed by atoms with van der Waals surface area (Å²) in [6.07, 6.45) is 0. The van der Waals surface area contributed by atoms with Crippen molar-refractivity contribution in [3.63, 3.8) is 0 Å². The number of carbonyl (C=O) groups excluding carboxylic acids is 2. The van der Waals surface area contributed by atoms with Crippen molar-refractivity contribution in [2.45, 2.75) is 6.04 Å². The number of nitro benzene ring substituents is 1. The van der Waals surface area contributed by atoms with Crippen molar-refractivity contribution in [1.82, 2.24) is 10.2 Å². The van der Waals surface area contributed by atoms with Crippen molar-refractivity contribution in [2.75, 3.05) is 13.1 Å². The molecule has 18 heavy (non-hydrogen) atoms. The van der Waals surface area contributed by atoms with Gasteiger partial charge in [0.15, 0.2) is 0 Å². The van der Waals surface area contributed by atoms with Crippen molar-refractivity contribution in [3.05, 3.63) is 39.4 Å². The summed E-state index contributed by atoms with van der Waals surface area (Å²) >= 11 is 0. The highest BCUT2D eigenvalue weighted by atomic mass is 16.6. The highest BCUT2D eigenvalue weighted by Gasteiger charge is 2.45. The number of hydrogen-bond acceptors (Lipinski definition) is 5. The van der Waals surface area contributed by atoms with E-state index in [0.29, 0.717) is 13.1 Å². The highest BCUT2D eigenvalue weighted by molar-refractivity contribution is 6.23. The molecule has 1 saturated heterocycles. The largest absolute Gasteiger partial charge is 0.313 e. The van der Waals surface area contributed by atoms with E-state index in [9.17, 15) is 19.7 Å². The Morgan fingerprint density at radius 2 is 2.00 bits per heavy atom. The lowest BCUT2D eigenvalue weighted by Crippen LogP contribution is -2.58. The molecule has 2 aliphatic heterocycles. The van der Waals surface area contributed by atoms with E-state index in [1.54, 1.807) is 0 Å². The number of nitrogens with zero attached hydrogens (tertiary/aromatic N) is 2. The Hall–Kier alpha value is -2.28. The number of benzene rings is 1. The summed E-state index contributed by atoms with van der Waals surface area (Å²) in [5, 5.41) is 13.8. The molecular formula is C11H9N3O4. The van der Waals surface area contributed by atoms with Crippen LogP contribution in [0, 0.1) is 10.1 Å². The van der Waals surface area contributed by atoms with Gasteiger partial charge < -0.3 is 5.32 Å². The van der Waals surface area contributed by atoms with E-state index in [-0.39, 0.29) is 22.9 Å². The Bertz CT molecular complexity index is 580. The topological polar surface area (TPSA) is 92.5 Å². The molecule has 0 aliphatic carbocycles. The van der Waals surface area contributed by atoms with Crippen LogP contribution in [0.15, 0.2) is 18.2 Å². The lowest BCUT2D eigenvalue weighted by Gasteiger charge is -2.33. The van der Waals surface area contributed by atoms with Crippen molar-refractivity contribution in [1.29, 1.82) is 0 Å². The maximum absolute atomic E-state index is 12.1. The molecule has 0 saturated carbocycles. The van der Waals surface area contributed by atoms with Crippen molar-refractivity contribution < 1.29 is 14.5 Å². The Morgan fingerprint density at radius 3 is 2.56 bits per heavy atom. The smallest absolute Gasteiger partial charge is 0.282 e. The summed E-state index contributed by atoms with van der Waals surface area (Å²) in [5.41, 5.74) is -0.263. The fourth-order valence-electron chi connectivity index (χ4n) is 2.23. The number of fused-ring (bicyclic) bond motifs is 1. The third kappa shape index (κ3) is 1.28. The van der Waals surface area contributed by atoms with Crippen LogP contribution in [0.25, 0.3) is 0 Å². The van der Waals surface area contributed by atoms with Crippen LogP contribution in [0.2, 0.25) is 0 Å². The minimum absolute atomic E-state index is 0.0839.